The average molecular weight is 445 g/mol. The van der Waals surface area contributed by atoms with Gasteiger partial charge < -0.3 is 20.1 Å². The number of aliphatic hydroxyl groups excluding tert-OH is 1. The predicted octanol–water partition coefficient (Wildman–Crippen LogP) is 2.99. The molecule has 0 saturated heterocycles. The average Bonchev–Trinajstić information content (AvgIpc) is 2.77. The molecule has 32 heavy (non-hydrogen) atoms. The van der Waals surface area contributed by atoms with Crippen molar-refractivity contribution in [1.82, 2.24) is 10.2 Å². The van der Waals surface area contributed by atoms with Crippen LogP contribution in [0.15, 0.2) is 55.6 Å². The fraction of sp³-hybridized carbons (Fsp3) is 0.480. The first-order chi connectivity index (χ1) is 15.4. The summed E-state index contributed by atoms with van der Waals surface area (Å²) in [6.07, 6.45) is 4.95. The van der Waals surface area contributed by atoms with E-state index in [0.717, 1.165) is 12.0 Å². The van der Waals surface area contributed by atoms with Crippen LogP contribution in [0.5, 0.6) is 0 Å². The SMILES string of the molecule is C=CCCCC(=O)O[C@@H](C)CNC(=O)[C@@H](CC=C)CC(=O)N(CCO)Cc1ccccc1. The zero-order valence-electron chi connectivity index (χ0n) is 19.0. The number of ether oxygens (including phenoxy) is 1. The van der Waals surface area contributed by atoms with E-state index in [0.29, 0.717) is 25.8 Å². The third-order valence-corrected chi connectivity index (χ3v) is 4.87. The molecule has 0 saturated carbocycles. The molecule has 2 amide bonds. The molecule has 0 bridgehead atoms. The molecule has 0 aromatic heterocycles. The molecule has 7 nitrogen and oxygen atoms in total. The lowest BCUT2D eigenvalue weighted by molar-refractivity contribution is -0.148. The Hall–Kier alpha value is -2.93. The number of unbranched alkanes of at least 4 members (excludes halogenated alkanes) is 1. The fourth-order valence-corrected chi connectivity index (χ4v) is 3.14. The molecule has 0 aliphatic heterocycles. The summed E-state index contributed by atoms with van der Waals surface area (Å²) in [5.74, 6) is -1.41. The van der Waals surface area contributed by atoms with Crippen LogP contribution in [0, 0.1) is 5.92 Å². The number of nitrogens with one attached hydrogen (secondary N) is 1. The normalized spacial score (nSPS) is 12.3. The summed E-state index contributed by atoms with van der Waals surface area (Å²) in [6, 6.07) is 9.49. The maximum atomic E-state index is 12.9. The first-order valence-electron chi connectivity index (χ1n) is 11.0. The molecule has 1 rings (SSSR count). The molecule has 0 spiro atoms. The Labute approximate surface area is 191 Å². The van der Waals surface area contributed by atoms with Crippen LogP contribution >= 0.6 is 0 Å². The van der Waals surface area contributed by atoms with Crippen LogP contribution in [0.1, 0.15) is 44.6 Å². The molecule has 0 aliphatic carbocycles. The first-order valence-corrected chi connectivity index (χ1v) is 11.0. The Morgan fingerprint density at radius 3 is 2.53 bits per heavy atom. The van der Waals surface area contributed by atoms with Crippen LogP contribution in [0.25, 0.3) is 0 Å². The van der Waals surface area contributed by atoms with E-state index in [9.17, 15) is 19.5 Å². The maximum absolute atomic E-state index is 12.9. The van der Waals surface area contributed by atoms with Gasteiger partial charge in [0.2, 0.25) is 11.8 Å². The number of benzene rings is 1. The van der Waals surface area contributed by atoms with Crippen LogP contribution in [0.3, 0.4) is 0 Å². The van der Waals surface area contributed by atoms with E-state index in [-0.39, 0.29) is 43.9 Å². The molecular weight excluding hydrogens is 408 g/mol. The van der Waals surface area contributed by atoms with Crippen LogP contribution in [-0.4, -0.2) is 53.6 Å². The molecule has 0 radical (unpaired) electrons. The minimum Gasteiger partial charge on any atom is -0.461 e. The number of hydrogen-bond donors (Lipinski definition) is 2. The van der Waals surface area contributed by atoms with Crippen molar-refractivity contribution in [1.29, 1.82) is 0 Å². The summed E-state index contributed by atoms with van der Waals surface area (Å²) >= 11 is 0. The minimum atomic E-state index is -0.590. The second-order valence-corrected chi connectivity index (χ2v) is 7.68. The van der Waals surface area contributed by atoms with Gasteiger partial charge in [0.25, 0.3) is 0 Å². The summed E-state index contributed by atoms with van der Waals surface area (Å²) in [6.45, 7) is 9.57. The fourth-order valence-electron chi connectivity index (χ4n) is 3.14. The molecule has 1 aromatic rings. The predicted molar refractivity (Wildman–Crippen MR) is 124 cm³/mol. The van der Waals surface area contributed by atoms with Gasteiger partial charge in [-0.15, -0.1) is 13.2 Å². The number of hydrogen-bond acceptors (Lipinski definition) is 5. The van der Waals surface area contributed by atoms with Gasteiger partial charge in [-0.25, -0.2) is 0 Å². The third kappa shape index (κ3) is 10.9. The molecule has 0 unspecified atom stereocenters. The highest BCUT2D eigenvalue weighted by atomic mass is 16.5. The van der Waals surface area contributed by atoms with Crippen LogP contribution in [0.4, 0.5) is 0 Å². The lowest BCUT2D eigenvalue weighted by atomic mass is 9.99. The topological polar surface area (TPSA) is 95.9 Å². The van der Waals surface area contributed by atoms with Crippen molar-refractivity contribution in [3.8, 4) is 0 Å². The van der Waals surface area contributed by atoms with E-state index >= 15 is 0 Å². The van der Waals surface area contributed by atoms with E-state index in [1.165, 1.54) is 0 Å². The molecule has 176 valence electrons. The van der Waals surface area contributed by atoms with Crippen molar-refractivity contribution in [3.05, 3.63) is 61.2 Å². The zero-order valence-corrected chi connectivity index (χ0v) is 19.0. The number of allylic oxidation sites excluding steroid dienone is 2. The summed E-state index contributed by atoms with van der Waals surface area (Å²) in [4.78, 5) is 38.9. The van der Waals surface area contributed by atoms with Crippen LogP contribution < -0.4 is 5.32 Å². The van der Waals surface area contributed by atoms with Crippen LogP contribution in [0.2, 0.25) is 0 Å². The highest BCUT2D eigenvalue weighted by molar-refractivity contribution is 5.86. The monoisotopic (exact) mass is 444 g/mol. The Balaban J connectivity index is 2.60. The summed E-state index contributed by atoms with van der Waals surface area (Å²) in [5, 5.41) is 12.1. The van der Waals surface area contributed by atoms with E-state index in [1.54, 1.807) is 24.0 Å². The molecular formula is C25H36N2O5. The minimum absolute atomic E-state index is 0.000406. The van der Waals surface area contributed by atoms with Crippen molar-refractivity contribution >= 4 is 17.8 Å². The largest absolute Gasteiger partial charge is 0.461 e. The standard InChI is InChI=1S/C25H36N2O5/c1-4-6-8-14-24(30)32-20(3)18-26-25(31)22(11-5-2)17-23(29)27(15-16-28)19-21-12-9-7-10-13-21/h4-5,7,9-10,12-13,20,22,28H,1-2,6,8,11,14-19H2,3H3,(H,26,31)/t20-,22-/m0/s1. The number of carbonyl (C=O) groups excluding carboxylic acids is 3. The third-order valence-electron chi connectivity index (χ3n) is 4.87. The van der Waals surface area contributed by atoms with E-state index in [1.807, 2.05) is 30.3 Å². The van der Waals surface area contributed by atoms with Gasteiger partial charge >= 0.3 is 5.97 Å². The molecule has 0 fully saturated rings. The van der Waals surface area contributed by atoms with E-state index in [4.69, 9.17) is 4.74 Å². The Kier molecular flexibility index (Phi) is 13.4. The van der Waals surface area contributed by atoms with Gasteiger partial charge in [0, 0.05) is 25.9 Å². The van der Waals surface area contributed by atoms with Crippen molar-refractivity contribution < 1.29 is 24.2 Å². The Bertz CT molecular complexity index is 735. The van der Waals surface area contributed by atoms with Crippen molar-refractivity contribution in [2.24, 2.45) is 5.92 Å². The summed E-state index contributed by atoms with van der Waals surface area (Å²) in [5.41, 5.74) is 0.947. The van der Waals surface area contributed by atoms with Gasteiger partial charge in [-0.2, -0.15) is 0 Å². The van der Waals surface area contributed by atoms with Gasteiger partial charge in [0.05, 0.1) is 19.1 Å². The van der Waals surface area contributed by atoms with E-state index in [2.05, 4.69) is 18.5 Å². The number of aliphatic hydroxyl groups is 1. The smallest absolute Gasteiger partial charge is 0.306 e. The Morgan fingerprint density at radius 2 is 1.91 bits per heavy atom. The lowest BCUT2D eigenvalue weighted by Gasteiger charge is -2.24. The van der Waals surface area contributed by atoms with E-state index < -0.39 is 12.0 Å². The van der Waals surface area contributed by atoms with Gasteiger partial charge in [-0.3, -0.25) is 14.4 Å². The molecule has 1 aromatic carbocycles. The van der Waals surface area contributed by atoms with Crippen molar-refractivity contribution in [2.75, 3.05) is 19.7 Å². The highest BCUT2D eigenvalue weighted by Gasteiger charge is 2.24. The maximum Gasteiger partial charge on any atom is 0.306 e. The summed E-state index contributed by atoms with van der Waals surface area (Å²) < 4.78 is 5.29. The molecule has 2 N–H and O–H groups in total. The number of amides is 2. The highest BCUT2D eigenvalue weighted by Crippen LogP contribution is 2.14. The molecule has 2 atom stereocenters. The van der Waals surface area contributed by atoms with Gasteiger partial charge in [-0.1, -0.05) is 42.5 Å². The quantitative estimate of drug-likeness (QED) is 0.232. The number of esters is 1. The van der Waals surface area contributed by atoms with Crippen molar-refractivity contribution in [3.63, 3.8) is 0 Å². The first kappa shape index (κ1) is 27.1. The molecule has 0 heterocycles. The number of carbonyl (C=O) groups is 3. The number of nitrogens with zero attached hydrogens (tertiary/aromatic N) is 1. The van der Waals surface area contributed by atoms with Gasteiger partial charge in [0.1, 0.15) is 6.10 Å². The second kappa shape index (κ2) is 15.8. The second-order valence-electron chi connectivity index (χ2n) is 7.68. The van der Waals surface area contributed by atoms with Gasteiger partial charge in [0.15, 0.2) is 0 Å². The summed E-state index contributed by atoms with van der Waals surface area (Å²) in [7, 11) is 0. The zero-order chi connectivity index (χ0) is 23.8. The number of rotatable bonds is 16. The molecule has 7 heteroatoms. The van der Waals surface area contributed by atoms with Crippen LogP contribution in [-0.2, 0) is 25.7 Å². The van der Waals surface area contributed by atoms with Crippen molar-refractivity contribution in [2.45, 2.75) is 51.7 Å². The molecule has 0 aliphatic rings. The lowest BCUT2D eigenvalue weighted by Crippen LogP contribution is -2.40. The van der Waals surface area contributed by atoms with Gasteiger partial charge in [-0.05, 0) is 31.7 Å². The Morgan fingerprint density at radius 1 is 1.19 bits per heavy atom.